The Kier molecular flexibility index (Phi) is 7.23. The molecule has 39 heavy (non-hydrogen) atoms. The lowest BCUT2D eigenvalue weighted by molar-refractivity contribution is 0.174. The first-order valence-corrected chi connectivity index (χ1v) is 13.7. The maximum atomic E-state index is 13.3. The van der Waals surface area contributed by atoms with Crippen LogP contribution in [-0.2, 0) is 15.4 Å². The van der Waals surface area contributed by atoms with Crippen molar-refractivity contribution in [2.75, 3.05) is 24.7 Å². The van der Waals surface area contributed by atoms with Gasteiger partial charge in [0.25, 0.3) is 15.9 Å². The zero-order valence-corrected chi connectivity index (χ0v) is 22.9. The first kappa shape index (κ1) is 26.6. The second kappa shape index (κ2) is 10.6. The molecule has 4 aromatic rings. The first-order chi connectivity index (χ1) is 18.6. The lowest BCUT2D eigenvalue weighted by Gasteiger charge is -2.19. The van der Waals surface area contributed by atoms with Crippen LogP contribution in [0.2, 0.25) is 5.02 Å². The van der Waals surface area contributed by atoms with Crippen LogP contribution >= 0.6 is 11.6 Å². The molecule has 1 N–H and O–H groups in total. The number of aromatic nitrogens is 3. The van der Waals surface area contributed by atoms with E-state index in [1.165, 1.54) is 12.4 Å². The minimum Gasteiger partial charge on any atom is -0.471 e. The molecule has 0 radical (unpaired) electrons. The van der Waals surface area contributed by atoms with Crippen LogP contribution in [0.25, 0.3) is 11.1 Å². The summed E-state index contributed by atoms with van der Waals surface area (Å²) in [6.45, 7) is 6.36. The Morgan fingerprint density at radius 3 is 2.38 bits per heavy atom. The van der Waals surface area contributed by atoms with E-state index in [4.69, 9.17) is 35.1 Å². The van der Waals surface area contributed by atoms with Crippen molar-refractivity contribution in [3.05, 3.63) is 65.4 Å². The number of hydrogen-bond donors (Lipinski definition) is 1. The Balaban J connectivity index is 1.39. The van der Waals surface area contributed by atoms with Crippen LogP contribution in [0.4, 0.5) is 5.88 Å². The van der Waals surface area contributed by atoms with Gasteiger partial charge in [-0.15, -0.1) is 0 Å². The maximum absolute atomic E-state index is 13.3. The van der Waals surface area contributed by atoms with E-state index in [1.807, 2.05) is 0 Å². The van der Waals surface area contributed by atoms with Crippen molar-refractivity contribution < 1.29 is 31.9 Å². The molecular formula is C26H25ClN4O7S. The smallest absolute Gasteiger partial charge is 0.316 e. The minimum atomic E-state index is -4.02. The number of nitrogens with one attached hydrogen (secondary N) is 1. The van der Waals surface area contributed by atoms with E-state index in [9.17, 15) is 8.42 Å². The van der Waals surface area contributed by atoms with E-state index in [1.54, 1.807) is 42.5 Å². The van der Waals surface area contributed by atoms with Crippen molar-refractivity contribution in [1.29, 1.82) is 0 Å². The summed E-state index contributed by atoms with van der Waals surface area (Å²) in [7, 11) is -4.02. The molecule has 1 aliphatic rings. The third-order valence-electron chi connectivity index (χ3n) is 5.73. The molecule has 1 aliphatic heterocycles. The van der Waals surface area contributed by atoms with Gasteiger partial charge in [0.05, 0.1) is 22.3 Å². The number of halogens is 1. The SMILES string of the molecule is CC(C)(C)c1ccc(S(=O)(=O)Nc2onc(OCCOc3ncc(Cl)cn3)c2-c2ccc3c(c2)OCO3)cc1. The van der Waals surface area contributed by atoms with Gasteiger partial charge in [-0.05, 0) is 46.0 Å². The van der Waals surface area contributed by atoms with Crippen LogP contribution in [-0.4, -0.2) is 43.5 Å². The van der Waals surface area contributed by atoms with Gasteiger partial charge in [0.15, 0.2) is 11.5 Å². The summed E-state index contributed by atoms with van der Waals surface area (Å²) in [4.78, 5) is 7.98. The molecular weight excluding hydrogens is 548 g/mol. The van der Waals surface area contributed by atoms with Gasteiger partial charge in [-0.3, -0.25) is 0 Å². The zero-order valence-electron chi connectivity index (χ0n) is 21.3. The Bertz CT molecular complexity index is 1570. The fourth-order valence-corrected chi connectivity index (χ4v) is 4.80. The molecule has 13 heteroatoms. The average molecular weight is 573 g/mol. The van der Waals surface area contributed by atoms with Crippen LogP contribution in [0.15, 0.2) is 64.3 Å². The van der Waals surface area contributed by atoms with Crippen molar-refractivity contribution >= 4 is 27.5 Å². The van der Waals surface area contributed by atoms with Crippen LogP contribution in [0, 0.1) is 0 Å². The average Bonchev–Trinajstić information content (AvgIpc) is 3.53. The number of ether oxygens (including phenoxy) is 4. The highest BCUT2D eigenvalue weighted by molar-refractivity contribution is 7.92. The fourth-order valence-electron chi connectivity index (χ4n) is 3.71. The second-order valence-corrected chi connectivity index (χ2v) is 11.6. The molecule has 0 unspecified atom stereocenters. The topological polar surface area (TPSA) is 135 Å². The number of sulfonamides is 1. The zero-order chi connectivity index (χ0) is 27.6. The maximum Gasteiger partial charge on any atom is 0.316 e. The molecule has 0 saturated carbocycles. The lowest BCUT2D eigenvalue weighted by atomic mass is 9.87. The highest BCUT2D eigenvalue weighted by Crippen LogP contribution is 2.42. The van der Waals surface area contributed by atoms with Crippen molar-refractivity contribution in [2.45, 2.75) is 31.1 Å². The third kappa shape index (κ3) is 6.02. The van der Waals surface area contributed by atoms with Crippen LogP contribution in [0.5, 0.6) is 23.4 Å². The summed E-state index contributed by atoms with van der Waals surface area (Å²) in [5.41, 5.74) is 1.70. The van der Waals surface area contributed by atoms with E-state index in [0.29, 0.717) is 22.1 Å². The largest absolute Gasteiger partial charge is 0.471 e. The molecule has 0 aliphatic carbocycles. The standard InChI is InChI=1S/C26H25ClN4O7S/c1-26(2,3)17-5-7-19(8-6-17)39(32,33)31-24-22(16-4-9-20-21(12-16)37-15-36-20)23(30-38-24)34-10-11-35-25-28-13-18(27)14-29-25/h4-9,12-14,31H,10-11,15H2,1-3H3. The van der Waals surface area contributed by atoms with E-state index in [0.717, 1.165) is 5.56 Å². The monoisotopic (exact) mass is 572 g/mol. The number of fused-ring (bicyclic) bond motifs is 1. The molecule has 3 heterocycles. The fraction of sp³-hybridized carbons (Fsp3) is 0.269. The Morgan fingerprint density at radius 2 is 1.67 bits per heavy atom. The Morgan fingerprint density at radius 1 is 0.974 bits per heavy atom. The summed E-state index contributed by atoms with van der Waals surface area (Å²) in [5.74, 6) is 0.991. The van der Waals surface area contributed by atoms with Gasteiger partial charge in [0.1, 0.15) is 18.8 Å². The molecule has 0 atom stereocenters. The van der Waals surface area contributed by atoms with Crippen LogP contribution in [0.3, 0.4) is 0 Å². The number of anilines is 1. The third-order valence-corrected chi connectivity index (χ3v) is 7.27. The number of benzene rings is 2. The molecule has 11 nitrogen and oxygen atoms in total. The van der Waals surface area contributed by atoms with Gasteiger partial charge in [-0.1, -0.05) is 50.6 Å². The van der Waals surface area contributed by atoms with Gasteiger partial charge >= 0.3 is 6.01 Å². The summed E-state index contributed by atoms with van der Waals surface area (Å²) in [6.07, 6.45) is 2.82. The van der Waals surface area contributed by atoms with Gasteiger partial charge in [0, 0.05) is 0 Å². The van der Waals surface area contributed by atoms with Gasteiger partial charge in [-0.2, -0.15) is 0 Å². The number of nitrogens with zero attached hydrogens (tertiary/aromatic N) is 3. The Hall–Kier alpha value is -4.03. The van der Waals surface area contributed by atoms with Gasteiger partial charge < -0.3 is 23.5 Å². The summed E-state index contributed by atoms with van der Waals surface area (Å²) >= 11 is 5.79. The molecule has 0 spiro atoms. The normalized spacial score (nSPS) is 12.8. The molecule has 2 aromatic carbocycles. The molecule has 0 bridgehead atoms. The van der Waals surface area contributed by atoms with E-state index >= 15 is 0 Å². The predicted molar refractivity (Wildman–Crippen MR) is 142 cm³/mol. The minimum absolute atomic E-state index is 0.0382. The highest BCUT2D eigenvalue weighted by Gasteiger charge is 2.27. The van der Waals surface area contributed by atoms with Crippen LogP contribution < -0.4 is 23.7 Å². The number of hydrogen-bond acceptors (Lipinski definition) is 10. The second-order valence-electron chi connectivity index (χ2n) is 9.52. The number of rotatable bonds is 9. The van der Waals surface area contributed by atoms with Gasteiger partial charge in [0.2, 0.25) is 12.7 Å². The van der Waals surface area contributed by atoms with Gasteiger partial charge in [-0.25, -0.2) is 23.1 Å². The molecule has 0 fully saturated rings. The molecule has 2 aromatic heterocycles. The van der Waals surface area contributed by atoms with E-state index in [2.05, 4.69) is 40.6 Å². The molecule has 0 amide bonds. The first-order valence-electron chi connectivity index (χ1n) is 11.9. The summed E-state index contributed by atoms with van der Waals surface area (Å²) in [5, 5.41) is 4.35. The van der Waals surface area contributed by atoms with E-state index in [-0.39, 0.29) is 53.7 Å². The van der Waals surface area contributed by atoms with Crippen molar-refractivity contribution in [3.63, 3.8) is 0 Å². The molecule has 0 saturated heterocycles. The predicted octanol–water partition coefficient (Wildman–Crippen LogP) is 5.07. The van der Waals surface area contributed by atoms with Crippen molar-refractivity contribution in [3.8, 4) is 34.5 Å². The van der Waals surface area contributed by atoms with E-state index < -0.39 is 10.0 Å². The van der Waals surface area contributed by atoms with Crippen molar-refractivity contribution in [1.82, 2.24) is 15.1 Å². The summed E-state index contributed by atoms with van der Waals surface area (Å²) in [6, 6.07) is 11.9. The van der Waals surface area contributed by atoms with Crippen molar-refractivity contribution in [2.24, 2.45) is 0 Å². The quantitative estimate of drug-likeness (QED) is 0.271. The molecule has 5 rings (SSSR count). The Labute approximate surface area is 230 Å². The van der Waals surface area contributed by atoms with Crippen LogP contribution in [0.1, 0.15) is 26.3 Å². The summed E-state index contributed by atoms with van der Waals surface area (Å²) < 4.78 is 56.5. The highest BCUT2D eigenvalue weighted by atomic mass is 35.5. The molecule has 204 valence electrons. The lowest BCUT2D eigenvalue weighted by Crippen LogP contribution is -2.15.